The number of nitrogens with zero attached hydrogens (tertiary/aromatic N) is 1. The lowest BCUT2D eigenvalue weighted by molar-refractivity contribution is 0.102. The summed E-state index contributed by atoms with van der Waals surface area (Å²) in [5, 5.41) is 6.98. The number of carbonyl (C=O) groups excluding carboxylic acids is 1. The number of rotatable bonds is 7. The molecule has 0 atom stereocenters. The van der Waals surface area contributed by atoms with Gasteiger partial charge in [0.05, 0.1) is 25.5 Å². The largest absolute Gasteiger partial charge is 0.493 e. The van der Waals surface area contributed by atoms with Crippen molar-refractivity contribution in [2.24, 2.45) is 0 Å². The van der Waals surface area contributed by atoms with Crippen molar-refractivity contribution in [3.8, 4) is 11.5 Å². The van der Waals surface area contributed by atoms with Crippen LogP contribution in [0.5, 0.6) is 11.5 Å². The summed E-state index contributed by atoms with van der Waals surface area (Å²) in [6.07, 6.45) is 0. The van der Waals surface area contributed by atoms with E-state index in [0.717, 1.165) is 27.5 Å². The molecule has 152 valence electrons. The fourth-order valence-electron chi connectivity index (χ4n) is 2.94. The number of anilines is 1. The summed E-state index contributed by atoms with van der Waals surface area (Å²) in [6.45, 7) is 5.73. The van der Waals surface area contributed by atoms with Gasteiger partial charge in [-0.15, -0.1) is 11.8 Å². The van der Waals surface area contributed by atoms with Gasteiger partial charge in [0.2, 0.25) is 0 Å². The molecule has 1 amide bonds. The number of thioether (sulfide) groups is 1. The van der Waals surface area contributed by atoms with E-state index in [0.29, 0.717) is 28.5 Å². The van der Waals surface area contributed by atoms with Gasteiger partial charge in [-0.1, -0.05) is 17.3 Å². The monoisotopic (exact) mass is 412 g/mol. The standard InChI is InChI=1S/C22H24N2O4S/c1-13-10-19(26-4)20(27-5)11-18(13)23-22(25)16-8-6-7-9-21(16)29-12-17-14(2)24-28-15(17)3/h6-11H,12H2,1-5H3,(H,23,25). The van der Waals surface area contributed by atoms with Gasteiger partial charge >= 0.3 is 0 Å². The average Bonchev–Trinajstić information content (AvgIpc) is 3.05. The molecule has 0 saturated heterocycles. The first kappa shape index (κ1) is 20.8. The number of hydrogen-bond acceptors (Lipinski definition) is 6. The lowest BCUT2D eigenvalue weighted by atomic mass is 10.1. The highest BCUT2D eigenvalue weighted by Crippen LogP contribution is 2.34. The maximum atomic E-state index is 13.0. The van der Waals surface area contributed by atoms with Crippen LogP contribution < -0.4 is 14.8 Å². The highest BCUT2D eigenvalue weighted by atomic mass is 32.2. The zero-order valence-corrected chi connectivity index (χ0v) is 18.0. The first-order valence-electron chi connectivity index (χ1n) is 9.12. The van der Waals surface area contributed by atoms with Crippen LogP contribution in [0.4, 0.5) is 5.69 Å². The lowest BCUT2D eigenvalue weighted by Crippen LogP contribution is -2.14. The number of hydrogen-bond donors (Lipinski definition) is 1. The Kier molecular flexibility index (Phi) is 6.49. The molecular formula is C22H24N2O4S. The first-order chi connectivity index (χ1) is 13.9. The van der Waals surface area contributed by atoms with Crippen LogP contribution in [-0.4, -0.2) is 25.3 Å². The van der Waals surface area contributed by atoms with E-state index < -0.39 is 0 Å². The summed E-state index contributed by atoms with van der Waals surface area (Å²) < 4.78 is 15.9. The maximum Gasteiger partial charge on any atom is 0.256 e. The summed E-state index contributed by atoms with van der Waals surface area (Å²) >= 11 is 1.58. The van der Waals surface area contributed by atoms with Crippen molar-refractivity contribution in [1.29, 1.82) is 0 Å². The molecule has 7 heteroatoms. The van der Waals surface area contributed by atoms with E-state index in [1.165, 1.54) is 0 Å². The van der Waals surface area contributed by atoms with Crippen LogP contribution in [-0.2, 0) is 5.75 Å². The average molecular weight is 413 g/mol. The Morgan fingerprint density at radius 2 is 1.79 bits per heavy atom. The van der Waals surface area contributed by atoms with Gasteiger partial charge in [0.25, 0.3) is 5.91 Å². The van der Waals surface area contributed by atoms with E-state index in [1.807, 2.05) is 51.1 Å². The van der Waals surface area contributed by atoms with Crippen LogP contribution in [0.3, 0.4) is 0 Å². The van der Waals surface area contributed by atoms with Crippen molar-refractivity contribution in [3.63, 3.8) is 0 Å². The fraction of sp³-hybridized carbons (Fsp3) is 0.273. The van der Waals surface area contributed by atoms with Crippen molar-refractivity contribution in [2.45, 2.75) is 31.4 Å². The number of aryl methyl sites for hydroxylation is 3. The zero-order chi connectivity index (χ0) is 21.0. The SMILES string of the molecule is COc1cc(C)c(NC(=O)c2ccccc2SCc2c(C)noc2C)cc1OC. The number of methoxy groups -OCH3 is 2. The van der Waals surface area contributed by atoms with Gasteiger partial charge in [-0.2, -0.15) is 0 Å². The molecule has 3 rings (SSSR count). The summed E-state index contributed by atoms with van der Waals surface area (Å²) in [6, 6.07) is 11.2. The Morgan fingerprint density at radius 1 is 1.10 bits per heavy atom. The minimum absolute atomic E-state index is 0.179. The molecule has 6 nitrogen and oxygen atoms in total. The predicted molar refractivity (Wildman–Crippen MR) is 114 cm³/mol. The normalized spacial score (nSPS) is 10.7. The van der Waals surface area contributed by atoms with Crippen molar-refractivity contribution in [2.75, 3.05) is 19.5 Å². The minimum atomic E-state index is -0.179. The summed E-state index contributed by atoms with van der Waals surface area (Å²) in [5.41, 5.74) is 4.10. The van der Waals surface area contributed by atoms with Crippen molar-refractivity contribution in [1.82, 2.24) is 5.16 Å². The quantitative estimate of drug-likeness (QED) is 0.540. The molecule has 1 heterocycles. The molecule has 0 unspecified atom stereocenters. The van der Waals surface area contributed by atoms with Gasteiger partial charge in [-0.3, -0.25) is 4.79 Å². The van der Waals surface area contributed by atoms with E-state index in [9.17, 15) is 4.79 Å². The Labute approximate surface area is 174 Å². The molecule has 2 aromatic carbocycles. The van der Waals surface area contributed by atoms with Crippen LogP contribution in [0.2, 0.25) is 0 Å². The molecular weight excluding hydrogens is 388 g/mol. The van der Waals surface area contributed by atoms with Crippen LogP contribution >= 0.6 is 11.8 Å². The third-order valence-corrected chi connectivity index (χ3v) is 5.76. The van der Waals surface area contributed by atoms with E-state index in [2.05, 4.69) is 10.5 Å². The van der Waals surface area contributed by atoms with Crippen LogP contribution in [0, 0.1) is 20.8 Å². The fourth-order valence-corrected chi connectivity index (χ4v) is 4.15. The van der Waals surface area contributed by atoms with Gasteiger partial charge in [0.1, 0.15) is 5.76 Å². The van der Waals surface area contributed by atoms with Crippen molar-refractivity contribution in [3.05, 3.63) is 64.5 Å². The zero-order valence-electron chi connectivity index (χ0n) is 17.2. The van der Waals surface area contributed by atoms with Gasteiger partial charge in [0, 0.05) is 28.0 Å². The molecule has 0 saturated carbocycles. The summed E-state index contributed by atoms with van der Waals surface area (Å²) in [4.78, 5) is 13.9. The molecule has 1 aromatic heterocycles. The Morgan fingerprint density at radius 3 is 2.45 bits per heavy atom. The smallest absolute Gasteiger partial charge is 0.256 e. The second-order valence-corrected chi connectivity index (χ2v) is 7.58. The molecule has 0 aliphatic carbocycles. The maximum absolute atomic E-state index is 13.0. The van der Waals surface area contributed by atoms with E-state index >= 15 is 0 Å². The third kappa shape index (κ3) is 4.56. The number of benzene rings is 2. The van der Waals surface area contributed by atoms with Crippen LogP contribution in [0.1, 0.15) is 32.9 Å². The van der Waals surface area contributed by atoms with E-state index in [-0.39, 0.29) is 5.91 Å². The Bertz CT molecular complexity index is 1010. The van der Waals surface area contributed by atoms with Crippen molar-refractivity contribution < 1.29 is 18.8 Å². The molecule has 1 N–H and O–H groups in total. The van der Waals surface area contributed by atoms with Crippen LogP contribution in [0.25, 0.3) is 0 Å². The highest BCUT2D eigenvalue weighted by molar-refractivity contribution is 7.98. The number of carbonyl (C=O) groups is 1. The molecule has 3 aromatic rings. The highest BCUT2D eigenvalue weighted by Gasteiger charge is 2.16. The molecule has 0 radical (unpaired) electrons. The van der Waals surface area contributed by atoms with E-state index in [1.54, 1.807) is 32.0 Å². The number of nitrogens with one attached hydrogen (secondary N) is 1. The summed E-state index contributed by atoms with van der Waals surface area (Å²) in [5.74, 6) is 2.49. The minimum Gasteiger partial charge on any atom is -0.493 e. The molecule has 0 aliphatic rings. The van der Waals surface area contributed by atoms with Gasteiger partial charge in [-0.05, 0) is 44.5 Å². The van der Waals surface area contributed by atoms with Crippen molar-refractivity contribution >= 4 is 23.4 Å². The van der Waals surface area contributed by atoms with Gasteiger partial charge in [-0.25, -0.2) is 0 Å². The molecule has 0 fully saturated rings. The number of ether oxygens (including phenoxy) is 2. The van der Waals surface area contributed by atoms with Gasteiger partial charge in [0.15, 0.2) is 11.5 Å². The van der Waals surface area contributed by atoms with Crippen LogP contribution in [0.15, 0.2) is 45.8 Å². The molecule has 0 aliphatic heterocycles. The number of aromatic nitrogens is 1. The molecule has 29 heavy (non-hydrogen) atoms. The Balaban J connectivity index is 1.82. The third-order valence-electron chi connectivity index (χ3n) is 4.66. The molecule has 0 spiro atoms. The first-order valence-corrected chi connectivity index (χ1v) is 10.1. The predicted octanol–water partition coefficient (Wildman–Crippen LogP) is 5.16. The lowest BCUT2D eigenvalue weighted by Gasteiger charge is -2.15. The summed E-state index contributed by atoms with van der Waals surface area (Å²) in [7, 11) is 3.15. The topological polar surface area (TPSA) is 73.6 Å². The second-order valence-electron chi connectivity index (χ2n) is 6.56. The second kappa shape index (κ2) is 9.05. The van der Waals surface area contributed by atoms with E-state index in [4.69, 9.17) is 14.0 Å². The number of amides is 1. The van der Waals surface area contributed by atoms with Gasteiger partial charge < -0.3 is 19.3 Å². The Hall–Kier alpha value is -2.93. The molecule has 0 bridgehead atoms.